The molecule has 0 amide bonds. The predicted molar refractivity (Wildman–Crippen MR) is 78.0 cm³/mol. The van der Waals surface area contributed by atoms with Gasteiger partial charge in [0.25, 0.3) is 0 Å². The van der Waals surface area contributed by atoms with Gasteiger partial charge in [-0.05, 0) is 46.5 Å². The van der Waals surface area contributed by atoms with Crippen molar-refractivity contribution in [3.05, 3.63) is 15.8 Å². The van der Waals surface area contributed by atoms with Crippen molar-refractivity contribution in [1.82, 2.24) is 9.62 Å². The van der Waals surface area contributed by atoms with Gasteiger partial charge in [-0.25, -0.2) is 13.1 Å². The molecule has 0 bridgehead atoms. The molecule has 2 N–H and O–H groups in total. The summed E-state index contributed by atoms with van der Waals surface area (Å²) in [6.07, 6.45) is 1.77. The highest BCUT2D eigenvalue weighted by Crippen LogP contribution is 2.25. The monoisotopic (exact) mass is 306 g/mol. The molecular formula is C12H22N2O3S2. The lowest BCUT2D eigenvalue weighted by Crippen LogP contribution is -2.25. The number of nitrogens with one attached hydrogen (secondary N) is 1. The molecule has 1 aromatic rings. The maximum atomic E-state index is 12.1. The molecule has 0 aromatic carbocycles. The molecule has 110 valence electrons. The number of thiophene rings is 1. The Hall–Kier alpha value is -0.470. The standard InChI is InChI=1S/C12H22N2O3S2/c1-10-12(8-11(9-15)18-10)19(16,17)13-6-4-5-7-14(2)3/h8,13,15H,4-7,9H2,1-3H3. The molecule has 0 spiro atoms. The van der Waals surface area contributed by atoms with Crippen LogP contribution in [0.1, 0.15) is 22.6 Å². The van der Waals surface area contributed by atoms with Crippen LogP contribution in [0.2, 0.25) is 0 Å². The van der Waals surface area contributed by atoms with E-state index in [1.807, 2.05) is 14.1 Å². The number of unbranched alkanes of at least 4 members (excludes halogenated alkanes) is 1. The van der Waals surface area contributed by atoms with Crippen LogP contribution in [0.15, 0.2) is 11.0 Å². The van der Waals surface area contributed by atoms with Crippen molar-refractivity contribution in [1.29, 1.82) is 0 Å². The second-order valence-corrected chi connectivity index (χ2v) is 7.78. The Bertz CT molecular complexity index is 495. The van der Waals surface area contributed by atoms with E-state index in [9.17, 15) is 8.42 Å². The quantitative estimate of drug-likeness (QED) is 0.707. The van der Waals surface area contributed by atoms with Crippen LogP contribution in [-0.4, -0.2) is 45.6 Å². The summed E-state index contributed by atoms with van der Waals surface area (Å²) in [5.41, 5.74) is 0. The van der Waals surface area contributed by atoms with Gasteiger partial charge >= 0.3 is 0 Å². The van der Waals surface area contributed by atoms with Gasteiger partial charge in [0.2, 0.25) is 10.0 Å². The Morgan fingerprint density at radius 3 is 2.58 bits per heavy atom. The average Bonchev–Trinajstić information content (AvgIpc) is 2.70. The molecule has 1 heterocycles. The fourth-order valence-electron chi connectivity index (χ4n) is 1.71. The van der Waals surface area contributed by atoms with Crippen molar-refractivity contribution < 1.29 is 13.5 Å². The SMILES string of the molecule is Cc1sc(CO)cc1S(=O)(=O)NCCCCN(C)C. The zero-order valence-corrected chi connectivity index (χ0v) is 13.3. The van der Waals surface area contributed by atoms with Crippen LogP contribution in [0.5, 0.6) is 0 Å². The minimum Gasteiger partial charge on any atom is -0.391 e. The number of aryl methyl sites for hydroxylation is 1. The van der Waals surface area contributed by atoms with Gasteiger partial charge in [-0.2, -0.15) is 0 Å². The van der Waals surface area contributed by atoms with Gasteiger partial charge in [0.05, 0.1) is 11.5 Å². The molecule has 1 aromatic heterocycles. The molecule has 0 aliphatic rings. The zero-order chi connectivity index (χ0) is 14.5. The minimum atomic E-state index is -3.45. The summed E-state index contributed by atoms with van der Waals surface area (Å²) < 4.78 is 26.8. The van der Waals surface area contributed by atoms with E-state index in [0.29, 0.717) is 16.3 Å². The number of rotatable bonds is 8. The van der Waals surface area contributed by atoms with Crippen molar-refractivity contribution in [3.8, 4) is 0 Å². The highest BCUT2D eigenvalue weighted by Gasteiger charge is 2.19. The third kappa shape index (κ3) is 5.19. The molecule has 0 aliphatic heterocycles. The first-order valence-corrected chi connectivity index (χ1v) is 8.51. The highest BCUT2D eigenvalue weighted by molar-refractivity contribution is 7.89. The molecule has 1 rings (SSSR count). The van der Waals surface area contributed by atoms with Crippen LogP contribution in [0, 0.1) is 6.92 Å². The third-order valence-electron chi connectivity index (χ3n) is 2.69. The first kappa shape index (κ1) is 16.6. The summed E-state index contributed by atoms with van der Waals surface area (Å²) in [5.74, 6) is 0. The van der Waals surface area contributed by atoms with E-state index in [1.54, 1.807) is 13.0 Å². The number of aliphatic hydroxyl groups is 1. The Kier molecular flexibility index (Phi) is 6.41. The fraction of sp³-hybridized carbons (Fsp3) is 0.667. The third-order valence-corrected chi connectivity index (χ3v) is 5.44. The summed E-state index contributed by atoms with van der Waals surface area (Å²) in [6, 6.07) is 1.54. The van der Waals surface area contributed by atoms with E-state index in [4.69, 9.17) is 5.11 Å². The normalized spacial score (nSPS) is 12.3. The predicted octanol–water partition coefficient (Wildman–Crippen LogP) is 1.17. The Labute approximate surface area is 119 Å². The largest absolute Gasteiger partial charge is 0.391 e. The second kappa shape index (κ2) is 7.35. The summed E-state index contributed by atoms with van der Waals surface area (Å²) in [7, 11) is 0.545. The molecule has 0 radical (unpaired) electrons. The lowest BCUT2D eigenvalue weighted by molar-refractivity contribution is 0.285. The first-order valence-electron chi connectivity index (χ1n) is 6.21. The van der Waals surface area contributed by atoms with Crippen molar-refractivity contribution in [3.63, 3.8) is 0 Å². The van der Waals surface area contributed by atoms with E-state index in [2.05, 4.69) is 9.62 Å². The van der Waals surface area contributed by atoms with Gasteiger partial charge in [0.1, 0.15) is 0 Å². The van der Waals surface area contributed by atoms with Crippen molar-refractivity contribution in [2.75, 3.05) is 27.2 Å². The maximum absolute atomic E-state index is 12.1. The molecule has 0 unspecified atom stereocenters. The second-order valence-electron chi connectivity index (χ2n) is 4.70. The van der Waals surface area contributed by atoms with E-state index in [0.717, 1.165) is 19.4 Å². The van der Waals surface area contributed by atoms with E-state index >= 15 is 0 Å². The average molecular weight is 306 g/mol. The summed E-state index contributed by atoms with van der Waals surface area (Å²) in [4.78, 5) is 3.75. The van der Waals surface area contributed by atoms with Crippen LogP contribution >= 0.6 is 11.3 Å². The minimum absolute atomic E-state index is 0.121. The van der Waals surface area contributed by atoms with Crippen LogP contribution in [-0.2, 0) is 16.6 Å². The number of hydrogen-bond donors (Lipinski definition) is 2. The summed E-state index contributed by atoms with van der Waals surface area (Å²) >= 11 is 1.31. The lowest BCUT2D eigenvalue weighted by Gasteiger charge is -2.09. The number of nitrogens with zero attached hydrogens (tertiary/aromatic N) is 1. The van der Waals surface area contributed by atoms with Gasteiger partial charge in [-0.3, -0.25) is 0 Å². The molecule has 0 saturated carbocycles. The molecule has 7 heteroatoms. The van der Waals surface area contributed by atoms with E-state index in [1.165, 1.54) is 11.3 Å². The van der Waals surface area contributed by atoms with Gasteiger partial charge in [0.15, 0.2) is 0 Å². The van der Waals surface area contributed by atoms with Crippen LogP contribution in [0.3, 0.4) is 0 Å². The molecule has 19 heavy (non-hydrogen) atoms. The molecule has 0 fully saturated rings. The molecule has 0 aliphatic carbocycles. The molecule has 5 nitrogen and oxygen atoms in total. The Balaban J connectivity index is 2.53. The topological polar surface area (TPSA) is 69.6 Å². The van der Waals surface area contributed by atoms with Gasteiger partial charge in [0, 0.05) is 16.3 Å². The Morgan fingerprint density at radius 2 is 2.05 bits per heavy atom. The van der Waals surface area contributed by atoms with Crippen LogP contribution in [0.4, 0.5) is 0 Å². The number of sulfonamides is 1. The lowest BCUT2D eigenvalue weighted by atomic mass is 10.3. The maximum Gasteiger partial charge on any atom is 0.241 e. The summed E-state index contributed by atoms with van der Waals surface area (Å²) in [6.45, 7) is 3.03. The van der Waals surface area contributed by atoms with Gasteiger partial charge < -0.3 is 10.0 Å². The number of hydrogen-bond acceptors (Lipinski definition) is 5. The van der Waals surface area contributed by atoms with Crippen molar-refractivity contribution >= 4 is 21.4 Å². The smallest absolute Gasteiger partial charge is 0.241 e. The van der Waals surface area contributed by atoms with Crippen molar-refractivity contribution in [2.24, 2.45) is 0 Å². The van der Waals surface area contributed by atoms with Gasteiger partial charge in [-0.1, -0.05) is 0 Å². The number of aliphatic hydroxyl groups excluding tert-OH is 1. The van der Waals surface area contributed by atoms with E-state index < -0.39 is 10.0 Å². The zero-order valence-electron chi connectivity index (χ0n) is 11.6. The van der Waals surface area contributed by atoms with E-state index in [-0.39, 0.29) is 11.5 Å². The first-order chi connectivity index (χ1) is 8.86. The summed E-state index contributed by atoms with van der Waals surface area (Å²) in [5, 5.41) is 9.03. The molecule has 0 saturated heterocycles. The van der Waals surface area contributed by atoms with Crippen LogP contribution in [0.25, 0.3) is 0 Å². The van der Waals surface area contributed by atoms with Crippen molar-refractivity contribution in [2.45, 2.75) is 31.3 Å². The van der Waals surface area contributed by atoms with Crippen LogP contribution < -0.4 is 4.72 Å². The fourth-order valence-corrected chi connectivity index (χ4v) is 4.27. The molecular weight excluding hydrogens is 284 g/mol. The highest BCUT2D eigenvalue weighted by atomic mass is 32.2. The van der Waals surface area contributed by atoms with Gasteiger partial charge in [-0.15, -0.1) is 11.3 Å². The molecule has 0 atom stereocenters. The Morgan fingerprint density at radius 1 is 1.37 bits per heavy atom.